The summed E-state index contributed by atoms with van der Waals surface area (Å²) in [6, 6.07) is 0. The van der Waals surface area contributed by atoms with Gasteiger partial charge in [0, 0.05) is 6.61 Å². The zero-order chi connectivity index (χ0) is 11.6. The number of terminal acetylenes is 1. The van der Waals surface area contributed by atoms with E-state index in [-0.39, 0.29) is 12.4 Å². The van der Waals surface area contributed by atoms with Crippen molar-refractivity contribution < 1.29 is 9.47 Å². The topological polar surface area (TPSA) is 18.5 Å². The van der Waals surface area contributed by atoms with Gasteiger partial charge in [0.25, 0.3) is 0 Å². The lowest BCUT2D eigenvalue weighted by atomic mass is 10.2. The Hall–Kier alpha value is -1.04. The quantitative estimate of drug-likeness (QED) is 0.523. The average Bonchev–Trinajstić information content (AvgIpc) is 2.34. The summed E-state index contributed by atoms with van der Waals surface area (Å²) in [5.41, 5.74) is 0. The highest BCUT2D eigenvalue weighted by Gasteiger charge is 2.16. The number of ether oxygens (including phenoxy) is 2. The predicted molar refractivity (Wildman–Crippen MR) is 65.9 cm³/mol. The van der Waals surface area contributed by atoms with Crippen LogP contribution >= 0.6 is 0 Å². The van der Waals surface area contributed by atoms with E-state index in [1.54, 1.807) is 0 Å². The highest BCUT2D eigenvalue weighted by molar-refractivity contribution is 5.13. The Morgan fingerprint density at radius 1 is 1.50 bits per heavy atom. The molecule has 2 atom stereocenters. The molecule has 1 saturated heterocycles. The lowest BCUT2D eigenvalue weighted by Gasteiger charge is -2.24. The van der Waals surface area contributed by atoms with Gasteiger partial charge in [-0.3, -0.25) is 0 Å². The van der Waals surface area contributed by atoms with Crippen LogP contribution in [0.5, 0.6) is 0 Å². The smallest absolute Gasteiger partial charge is 0.159 e. The summed E-state index contributed by atoms with van der Waals surface area (Å²) in [5, 5.41) is 0. The summed E-state index contributed by atoms with van der Waals surface area (Å²) >= 11 is 0. The van der Waals surface area contributed by atoms with Crippen LogP contribution in [0.4, 0.5) is 0 Å². The Balaban J connectivity index is 2.33. The number of hydrogen-bond donors (Lipinski definition) is 0. The first kappa shape index (κ1) is 13.0. The molecule has 0 amide bonds. The Bertz CT molecular complexity index is 267. The van der Waals surface area contributed by atoms with E-state index in [2.05, 4.69) is 18.9 Å². The third-order valence-corrected chi connectivity index (χ3v) is 2.37. The maximum atomic E-state index is 5.64. The number of allylic oxidation sites excluding steroid dienone is 3. The van der Waals surface area contributed by atoms with E-state index in [4.69, 9.17) is 15.9 Å². The molecule has 2 nitrogen and oxygen atoms in total. The summed E-state index contributed by atoms with van der Waals surface area (Å²) in [4.78, 5) is 0. The van der Waals surface area contributed by atoms with E-state index in [9.17, 15) is 0 Å². The molecule has 1 aliphatic rings. The van der Waals surface area contributed by atoms with Crippen molar-refractivity contribution in [1.29, 1.82) is 0 Å². The molecule has 2 unspecified atom stereocenters. The molecule has 1 aliphatic heterocycles. The SMILES string of the molecule is C#CC(C=CC=CCC)OC1CCCCO1. The molecule has 0 aromatic rings. The van der Waals surface area contributed by atoms with Gasteiger partial charge in [0.15, 0.2) is 6.29 Å². The maximum Gasteiger partial charge on any atom is 0.159 e. The molecular formula is C14H20O2. The molecule has 1 fully saturated rings. The number of hydrogen-bond acceptors (Lipinski definition) is 2. The second-order valence-electron chi connectivity index (χ2n) is 3.74. The first-order valence-corrected chi connectivity index (χ1v) is 5.93. The summed E-state index contributed by atoms with van der Waals surface area (Å²) < 4.78 is 11.1. The fourth-order valence-corrected chi connectivity index (χ4v) is 1.50. The predicted octanol–water partition coefficient (Wildman–Crippen LogP) is 3.05. The van der Waals surface area contributed by atoms with Crippen molar-refractivity contribution in [3.8, 4) is 12.3 Å². The van der Waals surface area contributed by atoms with Crippen molar-refractivity contribution in [3.63, 3.8) is 0 Å². The average molecular weight is 220 g/mol. The maximum absolute atomic E-state index is 5.64. The van der Waals surface area contributed by atoms with Crippen LogP contribution in [0.2, 0.25) is 0 Å². The van der Waals surface area contributed by atoms with Crippen molar-refractivity contribution in [3.05, 3.63) is 24.3 Å². The van der Waals surface area contributed by atoms with Crippen LogP contribution in [0.1, 0.15) is 32.6 Å². The fraction of sp³-hybridized carbons (Fsp3) is 0.571. The van der Waals surface area contributed by atoms with Crippen molar-refractivity contribution in [2.24, 2.45) is 0 Å². The lowest BCUT2D eigenvalue weighted by Crippen LogP contribution is -2.26. The third kappa shape index (κ3) is 5.16. The van der Waals surface area contributed by atoms with Gasteiger partial charge >= 0.3 is 0 Å². The van der Waals surface area contributed by atoms with Crippen LogP contribution in [-0.4, -0.2) is 19.0 Å². The molecule has 2 heteroatoms. The lowest BCUT2D eigenvalue weighted by molar-refractivity contribution is -0.168. The first-order chi connectivity index (χ1) is 7.86. The normalized spacial score (nSPS) is 23.6. The highest BCUT2D eigenvalue weighted by atomic mass is 16.7. The van der Waals surface area contributed by atoms with E-state index in [0.29, 0.717) is 0 Å². The molecule has 0 spiro atoms. The summed E-state index contributed by atoms with van der Waals surface area (Å²) in [6.45, 7) is 2.87. The molecule has 0 radical (unpaired) electrons. The van der Waals surface area contributed by atoms with E-state index >= 15 is 0 Å². The van der Waals surface area contributed by atoms with E-state index in [1.807, 2.05) is 18.2 Å². The van der Waals surface area contributed by atoms with Gasteiger partial charge in [0.05, 0.1) is 0 Å². The van der Waals surface area contributed by atoms with Gasteiger partial charge in [0.1, 0.15) is 6.10 Å². The molecule has 0 aromatic carbocycles. The van der Waals surface area contributed by atoms with Gasteiger partial charge in [-0.15, -0.1) is 6.42 Å². The van der Waals surface area contributed by atoms with E-state index < -0.39 is 0 Å². The van der Waals surface area contributed by atoms with E-state index in [0.717, 1.165) is 32.3 Å². The van der Waals surface area contributed by atoms with Gasteiger partial charge in [-0.1, -0.05) is 31.1 Å². The highest BCUT2D eigenvalue weighted by Crippen LogP contribution is 2.15. The number of rotatable bonds is 5. The zero-order valence-electron chi connectivity index (χ0n) is 9.89. The molecule has 88 valence electrons. The molecule has 0 aromatic heterocycles. The van der Waals surface area contributed by atoms with E-state index in [1.165, 1.54) is 0 Å². The fourth-order valence-electron chi connectivity index (χ4n) is 1.50. The van der Waals surface area contributed by atoms with Gasteiger partial charge in [-0.05, 0) is 31.8 Å². The molecule has 0 saturated carbocycles. The summed E-state index contributed by atoms with van der Waals surface area (Å²) in [6.07, 6.45) is 17.1. The van der Waals surface area contributed by atoms with Crippen LogP contribution in [0.25, 0.3) is 0 Å². The Morgan fingerprint density at radius 3 is 3.00 bits per heavy atom. The Morgan fingerprint density at radius 2 is 2.38 bits per heavy atom. The first-order valence-electron chi connectivity index (χ1n) is 5.93. The van der Waals surface area contributed by atoms with Gasteiger partial charge < -0.3 is 9.47 Å². The molecule has 1 heterocycles. The van der Waals surface area contributed by atoms with Crippen molar-refractivity contribution >= 4 is 0 Å². The molecule has 16 heavy (non-hydrogen) atoms. The zero-order valence-corrected chi connectivity index (χ0v) is 9.89. The summed E-state index contributed by atoms with van der Waals surface area (Å²) in [5.74, 6) is 2.60. The minimum absolute atomic E-state index is 0.130. The Kier molecular flexibility index (Phi) is 6.64. The van der Waals surface area contributed by atoms with Crippen molar-refractivity contribution in [1.82, 2.24) is 0 Å². The molecular weight excluding hydrogens is 200 g/mol. The second-order valence-corrected chi connectivity index (χ2v) is 3.74. The van der Waals surface area contributed by atoms with Crippen molar-refractivity contribution in [2.45, 2.75) is 45.0 Å². The van der Waals surface area contributed by atoms with Crippen LogP contribution in [0, 0.1) is 12.3 Å². The van der Waals surface area contributed by atoms with Crippen LogP contribution in [0.15, 0.2) is 24.3 Å². The molecule has 0 bridgehead atoms. The minimum Gasteiger partial charge on any atom is -0.353 e. The van der Waals surface area contributed by atoms with Gasteiger partial charge in [-0.2, -0.15) is 0 Å². The van der Waals surface area contributed by atoms with Gasteiger partial charge in [-0.25, -0.2) is 0 Å². The largest absolute Gasteiger partial charge is 0.353 e. The Labute approximate surface area is 98.3 Å². The molecule has 0 N–H and O–H groups in total. The van der Waals surface area contributed by atoms with Crippen molar-refractivity contribution in [2.75, 3.05) is 6.61 Å². The van der Waals surface area contributed by atoms with Crippen LogP contribution in [-0.2, 0) is 9.47 Å². The standard InChI is InChI=1S/C14H20O2/c1-3-5-6-7-10-13(4-2)16-14-11-8-9-12-15-14/h2,5-7,10,13-14H,3,8-9,11-12H2,1H3. The minimum atomic E-state index is -0.287. The summed E-state index contributed by atoms with van der Waals surface area (Å²) in [7, 11) is 0. The third-order valence-electron chi connectivity index (χ3n) is 2.37. The monoisotopic (exact) mass is 220 g/mol. The van der Waals surface area contributed by atoms with Gasteiger partial charge in [0.2, 0.25) is 0 Å². The molecule has 0 aliphatic carbocycles. The van der Waals surface area contributed by atoms with Crippen LogP contribution in [0.3, 0.4) is 0 Å². The molecule has 1 rings (SSSR count). The van der Waals surface area contributed by atoms with Crippen LogP contribution < -0.4 is 0 Å². The second kappa shape index (κ2) is 8.15.